The van der Waals surface area contributed by atoms with E-state index >= 15 is 0 Å². The lowest BCUT2D eigenvalue weighted by Gasteiger charge is -2.33. The SMILES string of the molecule is Cc1ccc2c(c1)CCCN2C(=O)N1CCC(c2cccnc2)C1. The first kappa shape index (κ1) is 15.2. The van der Waals surface area contributed by atoms with Gasteiger partial charge >= 0.3 is 6.03 Å². The third kappa shape index (κ3) is 2.77. The summed E-state index contributed by atoms with van der Waals surface area (Å²) in [6.45, 7) is 4.56. The van der Waals surface area contributed by atoms with Crippen LogP contribution in [-0.4, -0.2) is 35.5 Å². The zero-order valence-electron chi connectivity index (χ0n) is 14.1. The molecule has 0 spiro atoms. The quantitative estimate of drug-likeness (QED) is 0.802. The number of carbonyl (C=O) groups is 1. The van der Waals surface area contributed by atoms with Crippen molar-refractivity contribution < 1.29 is 4.79 Å². The van der Waals surface area contributed by atoms with E-state index in [0.29, 0.717) is 5.92 Å². The maximum Gasteiger partial charge on any atom is 0.324 e. The minimum atomic E-state index is 0.159. The molecule has 1 aromatic carbocycles. The molecule has 2 aromatic rings. The van der Waals surface area contributed by atoms with Gasteiger partial charge in [-0.2, -0.15) is 0 Å². The average molecular weight is 321 g/mol. The topological polar surface area (TPSA) is 36.4 Å². The van der Waals surface area contributed by atoms with Gasteiger partial charge in [0, 0.05) is 43.6 Å². The number of fused-ring (bicyclic) bond motifs is 1. The average Bonchev–Trinajstić information content (AvgIpc) is 3.11. The molecular formula is C20H23N3O. The first-order valence-corrected chi connectivity index (χ1v) is 8.78. The molecule has 0 aliphatic carbocycles. The predicted octanol–water partition coefficient (Wildman–Crippen LogP) is 3.75. The van der Waals surface area contributed by atoms with Gasteiger partial charge in [0.05, 0.1) is 0 Å². The molecule has 2 amide bonds. The molecule has 1 atom stereocenters. The summed E-state index contributed by atoms with van der Waals surface area (Å²) in [5.41, 5.74) is 4.91. The Balaban J connectivity index is 1.52. The summed E-state index contributed by atoms with van der Waals surface area (Å²) in [7, 11) is 0. The first-order valence-electron chi connectivity index (χ1n) is 8.78. The number of anilines is 1. The number of benzene rings is 1. The molecule has 4 nitrogen and oxygen atoms in total. The Morgan fingerprint density at radius 2 is 2.17 bits per heavy atom. The van der Waals surface area contributed by atoms with E-state index in [1.807, 2.05) is 22.1 Å². The number of hydrogen-bond donors (Lipinski definition) is 0. The molecule has 1 unspecified atom stereocenters. The summed E-state index contributed by atoms with van der Waals surface area (Å²) < 4.78 is 0. The van der Waals surface area contributed by atoms with Crippen LogP contribution in [0.15, 0.2) is 42.7 Å². The molecule has 0 N–H and O–H groups in total. The van der Waals surface area contributed by atoms with Crippen LogP contribution in [0.3, 0.4) is 0 Å². The number of urea groups is 1. The zero-order valence-corrected chi connectivity index (χ0v) is 14.1. The third-order valence-electron chi connectivity index (χ3n) is 5.20. The van der Waals surface area contributed by atoms with Gasteiger partial charge in [-0.1, -0.05) is 23.8 Å². The second-order valence-electron chi connectivity index (χ2n) is 6.89. The van der Waals surface area contributed by atoms with Crippen molar-refractivity contribution in [2.45, 2.75) is 32.1 Å². The van der Waals surface area contributed by atoms with Gasteiger partial charge in [-0.15, -0.1) is 0 Å². The number of aromatic nitrogens is 1. The second-order valence-corrected chi connectivity index (χ2v) is 6.89. The van der Waals surface area contributed by atoms with Gasteiger partial charge in [0.15, 0.2) is 0 Å². The molecule has 1 saturated heterocycles. The summed E-state index contributed by atoms with van der Waals surface area (Å²) in [4.78, 5) is 21.3. The molecule has 24 heavy (non-hydrogen) atoms. The van der Waals surface area contributed by atoms with E-state index in [9.17, 15) is 4.79 Å². The highest BCUT2D eigenvalue weighted by Crippen LogP contribution is 2.32. The Kier molecular flexibility index (Phi) is 3.97. The Morgan fingerprint density at radius 3 is 3.00 bits per heavy atom. The van der Waals surface area contributed by atoms with Gasteiger partial charge in [-0.25, -0.2) is 4.79 Å². The lowest BCUT2D eigenvalue weighted by atomic mass is 10.00. The molecule has 1 fully saturated rings. The zero-order chi connectivity index (χ0) is 16.5. The van der Waals surface area contributed by atoms with E-state index in [-0.39, 0.29) is 6.03 Å². The van der Waals surface area contributed by atoms with Gasteiger partial charge in [0.2, 0.25) is 0 Å². The molecule has 2 aliphatic heterocycles. The van der Waals surface area contributed by atoms with Crippen LogP contribution in [0.2, 0.25) is 0 Å². The van der Waals surface area contributed by atoms with Crippen molar-refractivity contribution in [1.29, 1.82) is 0 Å². The highest BCUT2D eigenvalue weighted by Gasteiger charge is 2.32. The third-order valence-corrected chi connectivity index (χ3v) is 5.20. The monoisotopic (exact) mass is 321 g/mol. The van der Waals surface area contributed by atoms with Crippen LogP contribution in [0.4, 0.5) is 10.5 Å². The maximum absolute atomic E-state index is 13.1. The smallest absolute Gasteiger partial charge is 0.324 e. The van der Waals surface area contributed by atoms with Gasteiger partial charge in [-0.05, 0) is 49.4 Å². The van der Waals surface area contributed by atoms with E-state index in [1.165, 1.54) is 16.7 Å². The fraction of sp³-hybridized carbons (Fsp3) is 0.400. The lowest BCUT2D eigenvalue weighted by molar-refractivity contribution is 0.214. The van der Waals surface area contributed by atoms with Crippen molar-refractivity contribution in [1.82, 2.24) is 9.88 Å². The number of carbonyl (C=O) groups excluding carboxylic acids is 1. The number of likely N-dealkylation sites (tertiary alicyclic amines) is 1. The summed E-state index contributed by atoms with van der Waals surface area (Å²) in [6.07, 6.45) is 6.86. The van der Waals surface area contributed by atoms with Crippen molar-refractivity contribution in [2.75, 3.05) is 24.5 Å². The normalized spacial score (nSPS) is 20.1. The summed E-state index contributed by atoms with van der Waals surface area (Å²) in [5.74, 6) is 0.407. The van der Waals surface area contributed by atoms with Crippen molar-refractivity contribution in [3.8, 4) is 0 Å². The van der Waals surface area contributed by atoms with Crippen LogP contribution in [0.1, 0.15) is 35.4 Å². The number of nitrogens with zero attached hydrogens (tertiary/aromatic N) is 3. The van der Waals surface area contributed by atoms with Crippen LogP contribution >= 0.6 is 0 Å². The van der Waals surface area contributed by atoms with Gasteiger partial charge in [0.25, 0.3) is 0 Å². The number of rotatable bonds is 1. The van der Waals surface area contributed by atoms with E-state index in [4.69, 9.17) is 0 Å². The molecule has 1 aromatic heterocycles. The second kappa shape index (κ2) is 6.27. The minimum absolute atomic E-state index is 0.159. The Labute approximate surface area is 143 Å². The number of pyridine rings is 1. The van der Waals surface area contributed by atoms with Crippen molar-refractivity contribution in [2.24, 2.45) is 0 Å². The Morgan fingerprint density at radius 1 is 1.25 bits per heavy atom. The van der Waals surface area contributed by atoms with Gasteiger partial charge < -0.3 is 4.90 Å². The Bertz CT molecular complexity index is 744. The summed E-state index contributed by atoms with van der Waals surface area (Å²) >= 11 is 0. The molecular weight excluding hydrogens is 298 g/mol. The number of hydrogen-bond acceptors (Lipinski definition) is 2. The van der Waals surface area contributed by atoms with Crippen molar-refractivity contribution in [3.63, 3.8) is 0 Å². The Hall–Kier alpha value is -2.36. The van der Waals surface area contributed by atoms with Gasteiger partial charge in [-0.3, -0.25) is 9.88 Å². The highest BCUT2D eigenvalue weighted by molar-refractivity contribution is 5.93. The van der Waals surface area contributed by atoms with E-state index in [2.05, 4.69) is 36.2 Å². The minimum Gasteiger partial charge on any atom is -0.324 e. The number of amides is 2. The van der Waals surface area contributed by atoms with Crippen LogP contribution in [0.5, 0.6) is 0 Å². The molecule has 0 bridgehead atoms. The fourth-order valence-corrected chi connectivity index (χ4v) is 3.92. The first-order chi connectivity index (χ1) is 11.7. The molecule has 0 saturated carbocycles. The molecule has 4 rings (SSSR count). The predicted molar refractivity (Wildman–Crippen MR) is 95.4 cm³/mol. The largest absolute Gasteiger partial charge is 0.324 e. The molecule has 0 radical (unpaired) electrons. The van der Waals surface area contributed by atoms with Crippen LogP contribution < -0.4 is 4.90 Å². The lowest BCUT2D eigenvalue weighted by Crippen LogP contribution is -2.44. The van der Waals surface area contributed by atoms with E-state index in [0.717, 1.165) is 44.6 Å². The van der Waals surface area contributed by atoms with Crippen LogP contribution in [0.25, 0.3) is 0 Å². The van der Waals surface area contributed by atoms with E-state index < -0.39 is 0 Å². The molecule has 2 aliphatic rings. The summed E-state index contributed by atoms with van der Waals surface area (Å²) in [6, 6.07) is 10.7. The standard InChI is InChI=1S/C20H23N3O/c1-15-6-7-19-16(12-15)5-3-10-23(19)20(24)22-11-8-18(14-22)17-4-2-9-21-13-17/h2,4,6-7,9,12-13,18H,3,5,8,10-11,14H2,1H3. The van der Waals surface area contributed by atoms with E-state index in [1.54, 1.807) is 6.20 Å². The molecule has 4 heteroatoms. The number of aryl methyl sites for hydroxylation is 2. The van der Waals surface area contributed by atoms with Crippen molar-refractivity contribution >= 4 is 11.7 Å². The van der Waals surface area contributed by atoms with Crippen LogP contribution in [0, 0.1) is 6.92 Å². The fourth-order valence-electron chi connectivity index (χ4n) is 3.92. The van der Waals surface area contributed by atoms with Crippen molar-refractivity contribution in [3.05, 3.63) is 59.4 Å². The molecule has 3 heterocycles. The summed E-state index contributed by atoms with van der Waals surface area (Å²) in [5, 5.41) is 0. The molecule has 124 valence electrons. The van der Waals surface area contributed by atoms with Gasteiger partial charge in [0.1, 0.15) is 0 Å². The highest BCUT2D eigenvalue weighted by atomic mass is 16.2. The maximum atomic E-state index is 13.1. The van der Waals surface area contributed by atoms with Crippen LogP contribution in [-0.2, 0) is 6.42 Å².